The lowest BCUT2D eigenvalue weighted by Crippen LogP contribution is -2.44. The van der Waals surface area contributed by atoms with Crippen LogP contribution in [0.3, 0.4) is 0 Å². The van der Waals surface area contributed by atoms with Crippen molar-refractivity contribution >= 4 is 33.9 Å². The number of nitrogens with zero attached hydrogens (tertiary/aromatic N) is 1. The van der Waals surface area contributed by atoms with Crippen LogP contribution in [0.1, 0.15) is 39.1 Å². The summed E-state index contributed by atoms with van der Waals surface area (Å²) in [6, 6.07) is 10.6. The predicted molar refractivity (Wildman–Crippen MR) is 107 cm³/mol. The summed E-state index contributed by atoms with van der Waals surface area (Å²) in [5.41, 5.74) is 0.580. The van der Waals surface area contributed by atoms with Gasteiger partial charge in [0, 0.05) is 29.8 Å². The third kappa shape index (κ3) is 3.23. The summed E-state index contributed by atoms with van der Waals surface area (Å²) in [5.74, 6) is -0.563. The molecule has 0 spiro atoms. The number of carbonyl (C=O) groups excluding carboxylic acids is 2. The molecule has 0 unspecified atom stereocenters. The Balaban J connectivity index is 0.00000225. The largest absolute Gasteiger partial charge is 0.339 e. The Kier molecular flexibility index (Phi) is 5.61. The number of amides is 1. The van der Waals surface area contributed by atoms with Gasteiger partial charge < -0.3 is 10.2 Å². The van der Waals surface area contributed by atoms with Gasteiger partial charge in [0.15, 0.2) is 5.78 Å². The fourth-order valence-electron chi connectivity index (χ4n) is 3.78. The average molecular weight is 421 g/mol. The van der Waals surface area contributed by atoms with Crippen LogP contribution in [0.15, 0.2) is 52.3 Å². The molecule has 0 aliphatic carbocycles. The van der Waals surface area contributed by atoms with Gasteiger partial charge in [0.05, 0.1) is 9.79 Å². The number of hydrogen-bond acceptors (Lipinski definition) is 5. The second kappa shape index (κ2) is 7.66. The van der Waals surface area contributed by atoms with Gasteiger partial charge in [0.2, 0.25) is 9.84 Å². The number of hydrogen-bond donors (Lipinski definition) is 1. The summed E-state index contributed by atoms with van der Waals surface area (Å²) in [4.78, 5) is 27.2. The van der Waals surface area contributed by atoms with Crippen LogP contribution in [-0.4, -0.2) is 51.2 Å². The van der Waals surface area contributed by atoms with Gasteiger partial charge in [-0.05, 0) is 56.3 Å². The molecule has 28 heavy (non-hydrogen) atoms. The predicted octanol–water partition coefficient (Wildman–Crippen LogP) is 2.31. The Hall–Kier alpha value is -2.22. The number of carbonyl (C=O) groups is 2. The highest BCUT2D eigenvalue weighted by molar-refractivity contribution is 7.91. The maximum atomic E-state index is 13.0. The van der Waals surface area contributed by atoms with E-state index in [-0.39, 0.29) is 56.6 Å². The highest BCUT2D eigenvalue weighted by Gasteiger charge is 2.35. The summed E-state index contributed by atoms with van der Waals surface area (Å²) < 4.78 is 26.0. The average Bonchev–Trinajstić information content (AvgIpc) is 2.71. The van der Waals surface area contributed by atoms with Crippen molar-refractivity contribution in [2.75, 3.05) is 20.1 Å². The van der Waals surface area contributed by atoms with E-state index in [1.54, 1.807) is 30.1 Å². The zero-order valence-electron chi connectivity index (χ0n) is 15.3. The summed E-state index contributed by atoms with van der Waals surface area (Å²) in [6.07, 6.45) is 1.72. The first kappa shape index (κ1) is 20.5. The van der Waals surface area contributed by atoms with Crippen LogP contribution in [-0.2, 0) is 9.84 Å². The molecule has 148 valence electrons. The van der Waals surface area contributed by atoms with E-state index >= 15 is 0 Å². The van der Waals surface area contributed by atoms with E-state index in [2.05, 4.69) is 5.32 Å². The summed E-state index contributed by atoms with van der Waals surface area (Å²) >= 11 is 0. The molecule has 1 fully saturated rings. The van der Waals surface area contributed by atoms with Crippen molar-refractivity contribution in [1.82, 2.24) is 10.2 Å². The Morgan fingerprint density at radius 2 is 1.68 bits per heavy atom. The van der Waals surface area contributed by atoms with E-state index in [1.165, 1.54) is 24.3 Å². The molecule has 0 aromatic heterocycles. The van der Waals surface area contributed by atoms with Gasteiger partial charge >= 0.3 is 0 Å². The van der Waals surface area contributed by atoms with Crippen molar-refractivity contribution < 1.29 is 18.0 Å². The third-order valence-electron chi connectivity index (χ3n) is 5.36. The summed E-state index contributed by atoms with van der Waals surface area (Å²) in [7, 11) is -2.10. The molecule has 0 atom stereocenters. The fourth-order valence-corrected chi connectivity index (χ4v) is 5.46. The van der Waals surface area contributed by atoms with Crippen LogP contribution >= 0.6 is 12.4 Å². The SMILES string of the molecule is CN(C(=O)c1ccc2c(c1)S(=O)(=O)c1ccccc1C2=O)C1CCNCC1.Cl. The van der Waals surface area contributed by atoms with E-state index in [0.29, 0.717) is 0 Å². The fraction of sp³-hybridized carbons (Fsp3) is 0.300. The van der Waals surface area contributed by atoms with Crippen LogP contribution in [0.4, 0.5) is 0 Å². The van der Waals surface area contributed by atoms with E-state index in [9.17, 15) is 18.0 Å². The molecule has 2 aromatic carbocycles. The van der Waals surface area contributed by atoms with E-state index in [4.69, 9.17) is 0 Å². The third-order valence-corrected chi connectivity index (χ3v) is 7.21. The number of fused-ring (bicyclic) bond motifs is 2. The molecular weight excluding hydrogens is 400 g/mol. The molecule has 2 aliphatic heterocycles. The Morgan fingerprint density at radius 1 is 1.04 bits per heavy atom. The minimum Gasteiger partial charge on any atom is -0.339 e. The molecular formula is C20H21ClN2O4S. The monoisotopic (exact) mass is 420 g/mol. The van der Waals surface area contributed by atoms with Gasteiger partial charge in [-0.1, -0.05) is 12.1 Å². The molecule has 8 heteroatoms. The standard InChI is InChI=1S/C20H20N2O4S.ClH/c1-22(14-8-10-21-11-9-14)20(24)13-6-7-16-18(12-13)27(25,26)17-5-3-2-4-15(17)19(16)23;/h2-7,12,14,21H,8-11H2,1H3;1H. The molecule has 6 nitrogen and oxygen atoms in total. The molecule has 4 rings (SSSR count). The normalized spacial score (nSPS) is 17.8. The maximum Gasteiger partial charge on any atom is 0.253 e. The Morgan fingerprint density at radius 3 is 2.39 bits per heavy atom. The number of benzene rings is 2. The molecule has 0 saturated carbocycles. The number of nitrogens with one attached hydrogen (secondary N) is 1. The number of rotatable bonds is 2. The van der Waals surface area contributed by atoms with Crippen molar-refractivity contribution in [3.8, 4) is 0 Å². The zero-order chi connectivity index (χ0) is 19.2. The van der Waals surface area contributed by atoms with Gasteiger partial charge in [0.25, 0.3) is 5.91 Å². The molecule has 0 bridgehead atoms. The van der Waals surface area contributed by atoms with Crippen LogP contribution in [0.2, 0.25) is 0 Å². The van der Waals surface area contributed by atoms with E-state index in [0.717, 1.165) is 25.9 Å². The van der Waals surface area contributed by atoms with Crippen LogP contribution in [0.5, 0.6) is 0 Å². The summed E-state index contributed by atoms with van der Waals surface area (Å²) in [6.45, 7) is 1.71. The second-order valence-corrected chi connectivity index (χ2v) is 8.82. The van der Waals surface area contributed by atoms with Crippen molar-refractivity contribution in [2.45, 2.75) is 28.7 Å². The lowest BCUT2D eigenvalue weighted by atomic mass is 10.00. The lowest BCUT2D eigenvalue weighted by molar-refractivity contribution is 0.0702. The van der Waals surface area contributed by atoms with Crippen molar-refractivity contribution in [2.24, 2.45) is 0 Å². The van der Waals surface area contributed by atoms with Crippen molar-refractivity contribution in [3.63, 3.8) is 0 Å². The molecule has 1 saturated heterocycles. The minimum absolute atomic E-state index is 0. The second-order valence-electron chi connectivity index (χ2n) is 6.94. The first-order valence-corrected chi connectivity index (χ1v) is 10.4. The molecule has 2 aliphatic rings. The van der Waals surface area contributed by atoms with Crippen LogP contribution in [0, 0.1) is 0 Å². The first-order chi connectivity index (χ1) is 12.9. The number of halogens is 1. The van der Waals surface area contributed by atoms with Crippen LogP contribution in [0.25, 0.3) is 0 Å². The van der Waals surface area contributed by atoms with E-state index < -0.39 is 9.84 Å². The minimum atomic E-state index is -3.84. The Bertz CT molecular complexity index is 1050. The maximum absolute atomic E-state index is 13.0. The molecule has 1 amide bonds. The van der Waals surface area contributed by atoms with Crippen molar-refractivity contribution in [1.29, 1.82) is 0 Å². The molecule has 2 aromatic rings. The van der Waals surface area contributed by atoms with Gasteiger partial charge in [0.1, 0.15) is 0 Å². The number of ketones is 1. The molecule has 1 N–H and O–H groups in total. The Labute approximate surface area is 170 Å². The number of piperidine rings is 1. The topological polar surface area (TPSA) is 83.6 Å². The first-order valence-electron chi connectivity index (χ1n) is 8.92. The molecule has 2 heterocycles. The highest BCUT2D eigenvalue weighted by atomic mass is 35.5. The van der Waals surface area contributed by atoms with E-state index in [1.807, 2.05) is 0 Å². The van der Waals surface area contributed by atoms with Crippen molar-refractivity contribution in [3.05, 3.63) is 59.2 Å². The van der Waals surface area contributed by atoms with Gasteiger partial charge in [-0.25, -0.2) is 8.42 Å². The van der Waals surface area contributed by atoms with Gasteiger partial charge in [-0.15, -0.1) is 12.4 Å². The smallest absolute Gasteiger partial charge is 0.253 e. The zero-order valence-corrected chi connectivity index (χ0v) is 17.0. The van der Waals surface area contributed by atoms with Gasteiger partial charge in [-0.3, -0.25) is 9.59 Å². The quantitative estimate of drug-likeness (QED) is 0.687. The lowest BCUT2D eigenvalue weighted by Gasteiger charge is -2.32. The van der Waals surface area contributed by atoms with Gasteiger partial charge in [-0.2, -0.15) is 0 Å². The molecule has 0 radical (unpaired) electrons. The number of sulfone groups is 1. The van der Waals surface area contributed by atoms with Crippen LogP contribution < -0.4 is 5.32 Å². The summed E-state index contributed by atoms with van der Waals surface area (Å²) in [5, 5.41) is 3.26. The highest BCUT2D eigenvalue weighted by Crippen LogP contribution is 2.35.